The van der Waals surface area contributed by atoms with Gasteiger partial charge in [0, 0.05) is 25.7 Å². The summed E-state index contributed by atoms with van der Waals surface area (Å²) < 4.78 is 16.7. The Kier molecular flexibility index (Phi) is 9.35. The zero-order valence-electron chi connectivity index (χ0n) is 23.1. The van der Waals surface area contributed by atoms with Crippen LogP contribution in [0.25, 0.3) is 11.1 Å². The number of hydrogen-bond acceptors (Lipinski definition) is 6. The lowest BCUT2D eigenvalue weighted by Gasteiger charge is -2.35. The van der Waals surface area contributed by atoms with Crippen molar-refractivity contribution in [3.8, 4) is 22.6 Å². The third kappa shape index (κ3) is 6.79. The van der Waals surface area contributed by atoms with E-state index < -0.39 is 6.04 Å². The van der Waals surface area contributed by atoms with Gasteiger partial charge >= 0.3 is 0 Å². The first-order valence-corrected chi connectivity index (χ1v) is 14.5. The molecule has 0 aromatic heterocycles. The molecule has 2 amide bonds. The number of nitrogens with one attached hydrogen (secondary N) is 1. The highest BCUT2D eigenvalue weighted by Gasteiger charge is 2.35. The van der Waals surface area contributed by atoms with Gasteiger partial charge in [-0.2, -0.15) is 0 Å². The van der Waals surface area contributed by atoms with Crippen LogP contribution in [0.1, 0.15) is 25.5 Å². The standard InChI is InChI=1S/C31H33Cl2N3O5/c1-3-40-24-6-4-5-23(15-24)21-7-9-22(10-8-21)27(18-35-11-13-39-14-12-35)34-31(38)20(2)36-28-16-25(32)26(33)17-29(28)41-19-30(36)37/h4-10,15-17,20,27H,3,11-14,18-19H2,1-2H3,(H,34,38). The predicted octanol–water partition coefficient (Wildman–Crippen LogP) is 5.36. The number of hydrogen-bond donors (Lipinski definition) is 1. The summed E-state index contributed by atoms with van der Waals surface area (Å²) in [7, 11) is 0. The summed E-state index contributed by atoms with van der Waals surface area (Å²) in [6.07, 6.45) is 0. The van der Waals surface area contributed by atoms with Crippen molar-refractivity contribution in [2.24, 2.45) is 0 Å². The predicted molar refractivity (Wildman–Crippen MR) is 160 cm³/mol. The summed E-state index contributed by atoms with van der Waals surface area (Å²) in [5.74, 6) is 0.613. The quantitative estimate of drug-likeness (QED) is 0.357. The highest BCUT2D eigenvalue weighted by Crippen LogP contribution is 2.39. The van der Waals surface area contributed by atoms with Gasteiger partial charge in [-0.1, -0.05) is 59.6 Å². The summed E-state index contributed by atoms with van der Waals surface area (Å²) in [6, 6.07) is 18.2. The molecule has 41 heavy (non-hydrogen) atoms. The molecule has 1 N–H and O–H groups in total. The molecule has 0 radical (unpaired) electrons. The minimum atomic E-state index is -0.810. The number of ether oxygens (including phenoxy) is 3. The Morgan fingerprint density at radius 1 is 1.02 bits per heavy atom. The molecular weight excluding hydrogens is 565 g/mol. The van der Waals surface area contributed by atoms with E-state index in [1.165, 1.54) is 4.90 Å². The number of halogens is 2. The van der Waals surface area contributed by atoms with E-state index in [-0.39, 0.29) is 29.5 Å². The number of benzene rings is 3. The van der Waals surface area contributed by atoms with Crippen LogP contribution in [0.2, 0.25) is 10.0 Å². The van der Waals surface area contributed by atoms with Gasteiger partial charge in [0.1, 0.15) is 17.5 Å². The van der Waals surface area contributed by atoms with Crippen LogP contribution >= 0.6 is 23.2 Å². The van der Waals surface area contributed by atoms with E-state index in [0.717, 1.165) is 35.5 Å². The van der Waals surface area contributed by atoms with Gasteiger partial charge in [-0.15, -0.1) is 0 Å². The molecule has 0 saturated carbocycles. The minimum absolute atomic E-state index is 0.189. The zero-order chi connectivity index (χ0) is 28.9. The fourth-order valence-electron chi connectivity index (χ4n) is 5.12. The number of carbonyl (C=O) groups is 2. The molecule has 2 aliphatic heterocycles. The molecule has 5 rings (SSSR count). The molecular formula is C31H33Cl2N3O5. The summed E-state index contributed by atoms with van der Waals surface area (Å²) in [5.41, 5.74) is 3.48. The molecule has 2 atom stereocenters. The molecule has 1 fully saturated rings. The molecule has 1 saturated heterocycles. The van der Waals surface area contributed by atoms with Crippen molar-refractivity contribution in [2.75, 3.05) is 51.0 Å². The molecule has 10 heteroatoms. The molecule has 2 aliphatic rings. The molecule has 2 unspecified atom stereocenters. The first-order chi connectivity index (χ1) is 19.8. The summed E-state index contributed by atoms with van der Waals surface area (Å²) in [5, 5.41) is 3.80. The lowest BCUT2D eigenvalue weighted by atomic mass is 9.99. The number of carbonyl (C=O) groups excluding carboxylic acids is 2. The monoisotopic (exact) mass is 597 g/mol. The van der Waals surface area contributed by atoms with Gasteiger partial charge in [-0.3, -0.25) is 19.4 Å². The van der Waals surface area contributed by atoms with Crippen LogP contribution in [-0.4, -0.2) is 68.8 Å². The van der Waals surface area contributed by atoms with Crippen molar-refractivity contribution < 1.29 is 23.8 Å². The van der Waals surface area contributed by atoms with Crippen LogP contribution in [0.3, 0.4) is 0 Å². The molecule has 0 aliphatic carbocycles. The maximum absolute atomic E-state index is 13.7. The molecule has 0 spiro atoms. The minimum Gasteiger partial charge on any atom is -0.494 e. The van der Waals surface area contributed by atoms with Crippen LogP contribution in [0.4, 0.5) is 5.69 Å². The SMILES string of the molecule is CCOc1cccc(-c2ccc(C(CN3CCOCC3)NC(=O)C(C)N3C(=O)COc4cc(Cl)c(Cl)cc43)cc2)c1. The Balaban J connectivity index is 1.38. The van der Waals surface area contributed by atoms with Crippen molar-refractivity contribution >= 4 is 40.7 Å². The second-order valence-electron chi connectivity index (χ2n) is 10.0. The van der Waals surface area contributed by atoms with Gasteiger partial charge in [-0.25, -0.2) is 0 Å². The van der Waals surface area contributed by atoms with Crippen molar-refractivity contribution in [2.45, 2.75) is 25.9 Å². The molecule has 2 heterocycles. The maximum atomic E-state index is 13.7. The first kappa shape index (κ1) is 29.2. The van der Waals surface area contributed by atoms with Gasteiger partial charge in [0.2, 0.25) is 5.91 Å². The van der Waals surface area contributed by atoms with E-state index in [9.17, 15) is 9.59 Å². The summed E-state index contributed by atoms with van der Waals surface area (Å²) in [6.45, 7) is 7.53. The topological polar surface area (TPSA) is 80.3 Å². The van der Waals surface area contributed by atoms with Gasteiger partial charge in [0.15, 0.2) is 6.61 Å². The molecule has 216 valence electrons. The third-order valence-corrected chi connectivity index (χ3v) is 8.02. The second kappa shape index (κ2) is 13.1. The Morgan fingerprint density at radius 2 is 1.76 bits per heavy atom. The maximum Gasteiger partial charge on any atom is 0.265 e. The zero-order valence-corrected chi connectivity index (χ0v) is 24.6. The largest absolute Gasteiger partial charge is 0.494 e. The number of amides is 2. The molecule has 0 bridgehead atoms. The number of nitrogens with zero attached hydrogens (tertiary/aromatic N) is 2. The smallest absolute Gasteiger partial charge is 0.265 e. The van der Waals surface area contributed by atoms with Crippen LogP contribution in [0, 0.1) is 0 Å². The second-order valence-corrected chi connectivity index (χ2v) is 10.8. The summed E-state index contributed by atoms with van der Waals surface area (Å²) in [4.78, 5) is 30.3. The number of rotatable bonds is 9. The Bertz CT molecular complexity index is 1400. The van der Waals surface area contributed by atoms with Gasteiger partial charge in [0.05, 0.1) is 41.6 Å². The highest BCUT2D eigenvalue weighted by molar-refractivity contribution is 6.42. The van der Waals surface area contributed by atoms with Gasteiger partial charge < -0.3 is 19.5 Å². The average molecular weight is 599 g/mol. The number of anilines is 1. The van der Waals surface area contributed by atoms with Crippen LogP contribution in [0.15, 0.2) is 60.7 Å². The third-order valence-electron chi connectivity index (χ3n) is 7.30. The normalized spacial score (nSPS) is 16.9. The van der Waals surface area contributed by atoms with Crippen LogP contribution < -0.4 is 19.7 Å². The van der Waals surface area contributed by atoms with Crippen molar-refractivity contribution in [3.05, 3.63) is 76.3 Å². The fourth-order valence-corrected chi connectivity index (χ4v) is 5.43. The average Bonchev–Trinajstić information content (AvgIpc) is 2.98. The van der Waals surface area contributed by atoms with Crippen molar-refractivity contribution in [1.29, 1.82) is 0 Å². The van der Waals surface area contributed by atoms with E-state index in [4.69, 9.17) is 37.4 Å². The van der Waals surface area contributed by atoms with E-state index in [1.54, 1.807) is 19.1 Å². The Labute approximate surface area is 250 Å². The van der Waals surface area contributed by atoms with E-state index in [0.29, 0.717) is 42.8 Å². The lowest BCUT2D eigenvalue weighted by Crippen LogP contribution is -2.53. The van der Waals surface area contributed by atoms with Gasteiger partial charge in [-0.05, 0) is 48.7 Å². The van der Waals surface area contributed by atoms with Crippen LogP contribution in [0.5, 0.6) is 11.5 Å². The fraction of sp³-hybridized carbons (Fsp3) is 0.355. The van der Waals surface area contributed by atoms with E-state index >= 15 is 0 Å². The van der Waals surface area contributed by atoms with Crippen LogP contribution in [-0.2, 0) is 14.3 Å². The summed E-state index contributed by atoms with van der Waals surface area (Å²) >= 11 is 12.4. The van der Waals surface area contributed by atoms with Gasteiger partial charge in [0.25, 0.3) is 5.91 Å². The Hall–Kier alpha value is -3.30. The molecule has 8 nitrogen and oxygen atoms in total. The Morgan fingerprint density at radius 3 is 2.49 bits per heavy atom. The highest BCUT2D eigenvalue weighted by atomic mass is 35.5. The van der Waals surface area contributed by atoms with Crippen molar-refractivity contribution in [1.82, 2.24) is 10.2 Å². The van der Waals surface area contributed by atoms with E-state index in [1.807, 2.05) is 43.3 Å². The first-order valence-electron chi connectivity index (χ1n) is 13.7. The molecule has 3 aromatic carbocycles. The lowest BCUT2D eigenvalue weighted by molar-refractivity contribution is -0.128. The molecule has 3 aromatic rings. The van der Waals surface area contributed by atoms with Crippen molar-refractivity contribution in [3.63, 3.8) is 0 Å². The number of morpholine rings is 1. The van der Waals surface area contributed by atoms with E-state index in [2.05, 4.69) is 22.3 Å². The number of fused-ring (bicyclic) bond motifs is 1.